The van der Waals surface area contributed by atoms with Crippen LogP contribution in [0, 0.1) is 0 Å². The van der Waals surface area contributed by atoms with E-state index < -0.39 is 42.0 Å². The molecule has 1 heterocycles. The fraction of sp³-hybridized carbons (Fsp3) is 0.211. The number of imide groups is 1. The van der Waals surface area contributed by atoms with Gasteiger partial charge in [-0.1, -0.05) is 34.1 Å². The molecule has 1 aliphatic rings. The summed E-state index contributed by atoms with van der Waals surface area (Å²) in [6, 6.07) is 10.6. The van der Waals surface area contributed by atoms with E-state index in [0.717, 1.165) is 17.0 Å². The standard InChI is InChI=1S/C19H15BrF3N3O4/c1-18(13-4-2-3-5-14(13)20)16(28)26(17(29)25-18)10-15(27)24-11-6-8-12(9-7-11)30-19(21,22)23/h2-9H,10H2,1H3,(H,24,27)(H,25,29)/t18-/m0/s1. The van der Waals surface area contributed by atoms with E-state index in [-0.39, 0.29) is 5.69 Å². The van der Waals surface area contributed by atoms with Crippen LogP contribution < -0.4 is 15.4 Å². The maximum absolute atomic E-state index is 12.9. The van der Waals surface area contributed by atoms with Gasteiger partial charge in [0.05, 0.1) is 0 Å². The topological polar surface area (TPSA) is 87.7 Å². The van der Waals surface area contributed by atoms with Crippen molar-refractivity contribution in [1.29, 1.82) is 0 Å². The van der Waals surface area contributed by atoms with Gasteiger partial charge in [0.25, 0.3) is 5.91 Å². The van der Waals surface area contributed by atoms with Crippen molar-refractivity contribution in [1.82, 2.24) is 10.2 Å². The molecule has 0 radical (unpaired) electrons. The van der Waals surface area contributed by atoms with Crippen LogP contribution in [0.3, 0.4) is 0 Å². The maximum Gasteiger partial charge on any atom is 0.573 e. The van der Waals surface area contributed by atoms with Gasteiger partial charge in [-0.05, 0) is 37.3 Å². The fourth-order valence-electron chi connectivity index (χ4n) is 2.97. The summed E-state index contributed by atoms with van der Waals surface area (Å²) in [6.45, 7) is 0.968. The number of benzene rings is 2. The molecule has 0 aromatic heterocycles. The predicted molar refractivity (Wildman–Crippen MR) is 103 cm³/mol. The number of carbonyl (C=O) groups is 3. The lowest BCUT2D eigenvalue weighted by atomic mass is 9.92. The number of ether oxygens (including phenoxy) is 1. The van der Waals surface area contributed by atoms with Crippen molar-refractivity contribution in [3.63, 3.8) is 0 Å². The van der Waals surface area contributed by atoms with E-state index in [4.69, 9.17) is 0 Å². The smallest absolute Gasteiger partial charge is 0.406 e. The monoisotopic (exact) mass is 485 g/mol. The Morgan fingerprint density at radius 3 is 2.40 bits per heavy atom. The first-order valence-corrected chi connectivity index (χ1v) is 9.34. The molecular formula is C19H15BrF3N3O4. The van der Waals surface area contributed by atoms with Crippen LogP contribution in [0.1, 0.15) is 12.5 Å². The lowest BCUT2D eigenvalue weighted by Crippen LogP contribution is -2.42. The number of anilines is 1. The van der Waals surface area contributed by atoms with Gasteiger partial charge in [-0.3, -0.25) is 14.5 Å². The Morgan fingerprint density at radius 1 is 1.17 bits per heavy atom. The number of carbonyl (C=O) groups excluding carboxylic acids is 3. The zero-order chi connectivity index (χ0) is 22.1. The van der Waals surface area contributed by atoms with Gasteiger partial charge in [0.1, 0.15) is 17.8 Å². The summed E-state index contributed by atoms with van der Waals surface area (Å²) in [4.78, 5) is 38.3. The van der Waals surface area contributed by atoms with Gasteiger partial charge in [0.15, 0.2) is 0 Å². The molecule has 2 N–H and O–H groups in total. The number of hydrogen-bond donors (Lipinski definition) is 2. The van der Waals surface area contributed by atoms with Crippen LogP contribution in [0.25, 0.3) is 0 Å². The largest absolute Gasteiger partial charge is 0.573 e. The van der Waals surface area contributed by atoms with Crippen LogP contribution in [0.15, 0.2) is 53.0 Å². The highest BCUT2D eigenvalue weighted by Crippen LogP contribution is 2.33. The van der Waals surface area contributed by atoms with Crippen molar-refractivity contribution in [2.24, 2.45) is 0 Å². The molecule has 4 amide bonds. The first-order valence-electron chi connectivity index (χ1n) is 8.54. The SMILES string of the molecule is C[C@@]1(c2ccccc2Br)NC(=O)N(CC(=O)Nc2ccc(OC(F)(F)F)cc2)C1=O. The number of nitrogens with zero attached hydrogens (tertiary/aromatic N) is 1. The number of amides is 4. The summed E-state index contributed by atoms with van der Waals surface area (Å²) in [5, 5.41) is 5.01. The molecule has 0 aliphatic carbocycles. The highest BCUT2D eigenvalue weighted by atomic mass is 79.9. The summed E-state index contributed by atoms with van der Waals surface area (Å²) in [5.74, 6) is -1.75. The third-order valence-corrected chi connectivity index (χ3v) is 5.05. The number of nitrogens with one attached hydrogen (secondary N) is 2. The predicted octanol–water partition coefficient (Wildman–Crippen LogP) is 3.75. The van der Waals surface area contributed by atoms with Crippen molar-refractivity contribution >= 4 is 39.5 Å². The average molecular weight is 486 g/mol. The van der Waals surface area contributed by atoms with Crippen molar-refractivity contribution in [3.8, 4) is 5.75 Å². The Bertz CT molecular complexity index is 997. The molecule has 11 heteroatoms. The van der Waals surface area contributed by atoms with Crippen LogP contribution >= 0.6 is 15.9 Å². The van der Waals surface area contributed by atoms with Crippen molar-refractivity contribution in [3.05, 3.63) is 58.6 Å². The third kappa shape index (κ3) is 4.56. The summed E-state index contributed by atoms with van der Waals surface area (Å²) >= 11 is 3.35. The number of alkyl halides is 3. The lowest BCUT2D eigenvalue weighted by Gasteiger charge is -2.23. The first-order chi connectivity index (χ1) is 14.0. The molecule has 3 rings (SSSR count). The molecule has 0 bridgehead atoms. The van der Waals surface area contributed by atoms with E-state index in [0.29, 0.717) is 10.0 Å². The molecule has 2 aromatic carbocycles. The lowest BCUT2D eigenvalue weighted by molar-refractivity contribution is -0.274. The Kier molecular flexibility index (Phi) is 5.75. The van der Waals surface area contributed by atoms with Gasteiger partial charge < -0.3 is 15.4 Å². The molecule has 1 atom stereocenters. The molecule has 0 saturated carbocycles. The van der Waals surface area contributed by atoms with Crippen molar-refractivity contribution < 1.29 is 32.3 Å². The molecule has 0 unspecified atom stereocenters. The molecule has 1 saturated heterocycles. The van der Waals surface area contributed by atoms with Crippen LogP contribution in [-0.4, -0.2) is 35.7 Å². The van der Waals surface area contributed by atoms with Gasteiger partial charge in [-0.25, -0.2) is 4.79 Å². The van der Waals surface area contributed by atoms with Crippen LogP contribution in [-0.2, 0) is 15.1 Å². The zero-order valence-corrected chi connectivity index (χ0v) is 17.0. The Labute approximate surface area is 177 Å². The second-order valence-corrected chi connectivity index (χ2v) is 7.40. The molecule has 158 valence electrons. The second-order valence-electron chi connectivity index (χ2n) is 6.55. The van der Waals surface area contributed by atoms with Crippen molar-refractivity contribution in [2.45, 2.75) is 18.8 Å². The molecule has 1 aliphatic heterocycles. The summed E-state index contributed by atoms with van der Waals surface area (Å²) < 4.78 is 40.9. The van der Waals surface area contributed by atoms with Gasteiger partial charge in [-0.15, -0.1) is 13.2 Å². The number of rotatable bonds is 5. The van der Waals surface area contributed by atoms with Crippen LogP contribution in [0.4, 0.5) is 23.7 Å². The highest BCUT2D eigenvalue weighted by Gasteiger charge is 2.50. The van der Waals surface area contributed by atoms with E-state index in [9.17, 15) is 27.6 Å². The van der Waals surface area contributed by atoms with E-state index in [1.165, 1.54) is 19.1 Å². The molecular weight excluding hydrogens is 471 g/mol. The van der Waals surface area contributed by atoms with Gasteiger partial charge >= 0.3 is 12.4 Å². The summed E-state index contributed by atoms with van der Waals surface area (Å²) in [7, 11) is 0. The van der Waals surface area contributed by atoms with Gasteiger partial charge in [-0.2, -0.15) is 0 Å². The van der Waals surface area contributed by atoms with Gasteiger partial charge in [0, 0.05) is 15.7 Å². The zero-order valence-electron chi connectivity index (χ0n) is 15.4. The number of halogens is 4. The number of hydrogen-bond acceptors (Lipinski definition) is 4. The second kappa shape index (κ2) is 7.98. The van der Waals surface area contributed by atoms with Gasteiger partial charge in [0.2, 0.25) is 5.91 Å². The highest BCUT2D eigenvalue weighted by molar-refractivity contribution is 9.10. The Morgan fingerprint density at radius 2 is 1.80 bits per heavy atom. The summed E-state index contributed by atoms with van der Waals surface area (Å²) in [5.41, 5.74) is -0.643. The molecule has 1 fully saturated rings. The maximum atomic E-state index is 12.9. The minimum Gasteiger partial charge on any atom is -0.406 e. The Hall–Kier alpha value is -3.08. The minimum atomic E-state index is -4.82. The van der Waals surface area contributed by atoms with E-state index in [2.05, 4.69) is 31.3 Å². The minimum absolute atomic E-state index is 0.176. The third-order valence-electron chi connectivity index (χ3n) is 4.36. The van der Waals surface area contributed by atoms with E-state index in [1.54, 1.807) is 24.3 Å². The number of urea groups is 1. The van der Waals surface area contributed by atoms with Crippen LogP contribution in [0.2, 0.25) is 0 Å². The normalized spacial score (nSPS) is 18.9. The molecule has 30 heavy (non-hydrogen) atoms. The Balaban J connectivity index is 1.68. The quantitative estimate of drug-likeness (QED) is 0.631. The average Bonchev–Trinajstić information content (AvgIpc) is 2.86. The fourth-order valence-corrected chi connectivity index (χ4v) is 3.66. The first kappa shape index (κ1) is 21.6. The van der Waals surface area contributed by atoms with Crippen molar-refractivity contribution in [2.75, 3.05) is 11.9 Å². The molecule has 2 aromatic rings. The van der Waals surface area contributed by atoms with E-state index >= 15 is 0 Å². The molecule has 0 spiro atoms. The summed E-state index contributed by atoms with van der Waals surface area (Å²) in [6.07, 6.45) is -4.82. The van der Waals surface area contributed by atoms with E-state index in [1.807, 2.05) is 0 Å². The molecule has 7 nitrogen and oxygen atoms in total. The van der Waals surface area contributed by atoms with Crippen LogP contribution in [0.5, 0.6) is 5.75 Å².